The molecule has 0 fully saturated rings. The van der Waals surface area contributed by atoms with E-state index in [9.17, 15) is 19.0 Å². The minimum absolute atomic E-state index is 0.0196. The van der Waals surface area contributed by atoms with Crippen molar-refractivity contribution in [3.05, 3.63) is 0 Å². The number of phosphoric acid groups is 1. The first-order valence-electron chi connectivity index (χ1n) is 13.5. The van der Waals surface area contributed by atoms with E-state index in [1.165, 1.54) is 84.2 Å². The zero-order valence-corrected chi connectivity index (χ0v) is 23.2. The topological polar surface area (TPSA) is 120 Å². The normalized spacial score (nSPS) is 13.8. The van der Waals surface area contributed by atoms with Crippen molar-refractivity contribution in [3.63, 3.8) is 0 Å². The minimum atomic E-state index is -4.16. The maximum Gasteiger partial charge on any atom is 0.472 e. The fourth-order valence-corrected chi connectivity index (χ4v) is 4.36. The lowest BCUT2D eigenvalue weighted by Crippen LogP contribution is -2.34. The Morgan fingerprint density at radius 1 is 0.771 bits per heavy atom. The van der Waals surface area contributed by atoms with Crippen molar-refractivity contribution >= 4 is 19.8 Å². The standard InChI is InChI=1S/C25H50NO8P/c1-4-6-7-8-9-10-11-12-13-14-15-16-17-18-19-20-24(27)26-25(28)32-21-23(31-3)22-34-35(29,30)33-5-2/h23H,4-22H2,1-3H3,(H,29,30)(H,26,27,28). The van der Waals surface area contributed by atoms with Crippen molar-refractivity contribution < 1.29 is 37.6 Å². The Labute approximate surface area is 212 Å². The molecule has 0 aromatic carbocycles. The molecule has 35 heavy (non-hydrogen) atoms. The van der Waals surface area contributed by atoms with Crippen LogP contribution in [-0.4, -0.2) is 49.9 Å². The highest BCUT2D eigenvalue weighted by Gasteiger charge is 2.23. The first kappa shape index (κ1) is 34.0. The van der Waals surface area contributed by atoms with E-state index >= 15 is 0 Å². The molecule has 0 heterocycles. The zero-order chi connectivity index (χ0) is 26.2. The van der Waals surface area contributed by atoms with Gasteiger partial charge in [-0.05, 0) is 13.3 Å². The van der Waals surface area contributed by atoms with Gasteiger partial charge in [0, 0.05) is 13.5 Å². The van der Waals surface area contributed by atoms with Gasteiger partial charge in [-0.15, -0.1) is 0 Å². The highest BCUT2D eigenvalue weighted by atomic mass is 31.2. The number of amides is 2. The monoisotopic (exact) mass is 523 g/mol. The molecule has 0 aromatic heterocycles. The minimum Gasteiger partial charge on any atom is -0.446 e. The second kappa shape index (κ2) is 23.4. The van der Waals surface area contributed by atoms with Crippen LogP contribution < -0.4 is 5.32 Å². The second-order valence-electron chi connectivity index (χ2n) is 8.89. The molecule has 0 spiro atoms. The Morgan fingerprint density at radius 3 is 1.71 bits per heavy atom. The average molecular weight is 524 g/mol. The molecule has 0 saturated heterocycles. The van der Waals surface area contributed by atoms with Crippen LogP contribution >= 0.6 is 7.82 Å². The highest BCUT2D eigenvalue weighted by molar-refractivity contribution is 7.47. The molecule has 0 aromatic rings. The number of phosphoric ester groups is 1. The van der Waals surface area contributed by atoms with Crippen molar-refractivity contribution in [3.8, 4) is 0 Å². The van der Waals surface area contributed by atoms with Crippen LogP contribution in [0.15, 0.2) is 0 Å². The zero-order valence-electron chi connectivity index (χ0n) is 22.3. The number of ether oxygens (including phenoxy) is 2. The molecule has 2 amide bonds. The van der Waals surface area contributed by atoms with Crippen LogP contribution in [0.3, 0.4) is 0 Å². The summed E-state index contributed by atoms with van der Waals surface area (Å²) in [4.78, 5) is 33.0. The fraction of sp³-hybridized carbons (Fsp3) is 0.920. The molecule has 2 atom stereocenters. The summed E-state index contributed by atoms with van der Waals surface area (Å²) >= 11 is 0. The molecule has 0 saturated carbocycles. The molecular formula is C25H50NO8P. The molecule has 0 radical (unpaired) electrons. The van der Waals surface area contributed by atoms with Crippen LogP contribution in [0.5, 0.6) is 0 Å². The lowest BCUT2D eigenvalue weighted by Gasteiger charge is -2.17. The lowest BCUT2D eigenvalue weighted by molar-refractivity contribution is -0.120. The number of carbonyl (C=O) groups is 2. The van der Waals surface area contributed by atoms with Crippen molar-refractivity contribution in [2.75, 3.05) is 26.9 Å². The van der Waals surface area contributed by atoms with Crippen LogP contribution in [0.25, 0.3) is 0 Å². The summed E-state index contributed by atoms with van der Waals surface area (Å²) in [6, 6.07) is 0. The van der Waals surface area contributed by atoms with Crippen LogP contribution in [0.4, 0.5) is 4.79 Å². The number of imide groups is 1. The molecule has 0 bridgehead atoms. The number of alkyl carbamates (subject to hydrolysis) is 1. The summed E-state index contributed by atoms with van der Waals surface area (Å²) in [6.07, 6.45) is 17.4. The maximum absolute atomic E-state index is 11.9. The molecule has 0 rings (SSSR count). The molecule has 0 aliphatic carbocycles. The van der Waals surface area contributed by atoms with Gasteiger partial charge in [0.25, 0.3) is 0 Å². The van der Waals surface area contributed by atoms with Gasteiger partial charge in [0.1, 0.15) is 12.7 Å². The van der Waals surface area contributed by atoms with Crippen molar-refractivity contribution in [2.24, 2.45) is 0 Å². The highest BCUT2D eigenvalue weighted by Crippen LogP contribution is 2.42. The Kier molecular flexibility index (Phi) is 22.7. The van der Waals surface area contributed by atoms with E-state index in [0.717, 1.165) is 19.3 Å². The first-order valence-corrected chi connectivity index (χ1v) is 14.9. The van der Waals surface area contributed by atoms with Gasteiger partial charge in [0.15, 0.2) is 0 Å². The third-order valence-electron chi connectivity index (χ3n) is 5.70. The fourth-order valence-electron chi connectivity index (χ4n) is 3.60. The smallest absolute Gasteiger partial charge is 0.446 e. The van der Waals surface area contributed by atoms with Gasteiger partial charge in [-0.25, -0.2) is 9.36 Å². The van der Waals surface area contributed by atoms with Gasteiger partial charge in [0.05, 0.1) is 13.2 Å². The maximum atomic E-state index is 11.9. The summed E-state index contributed by atoms with van der Waals surface area (Å²) in [5.74, 6) is -0.383. The van der Waals surface area contributed by atoms with E-state index in [0.29, 0.717) is 0 Å². The van der Waals surface area contributed by atoms with Gasteiger partial charge >= 0.3 is 13.9 Å². The van der Waals surface area contributed by atoms with Gasteiger partial charge < -0.3 is 14.4 Å². The predicted molar refractivity (Wildman–Crippen MR) is 137 cm³/mol. The molecule has 9 nitrogen and oxygen atoms in total. The van der Waals surface area contributed by atoms with Crippen molar-refractivity contribution in [2.45, 2.75) is 123 Å². The molecular weight excluding hydrogens is 473 g/mol. The molecule has 208 valence electrons. The molecule has 0 aliphatic rings. The first-order chi connectivity index (χ1) is 16.8. The van der Waals surface area contributed by atoms with Gasteiger partial charge in [-0.3, -0.25) is 19.2 Å². The summed E-state index contributed by atoms with van der Waals surface area (Å²) in [6.45, 7) is 3.29. The molecule has 2 N–H and O–H groups in total. The summed E-state index contributed by atoms with van der Waals surface area (Å²) in [5.41, 5.74) is 0. The number of methoxy groups -OCH3 is 1. The van der Waals surface area contributed by atoms with Gasteiger partial charge in [-0.2, -0.15) is 0 Å². The van der Waals surface area contributed by atoms with E-state index in [1.807, 2.05) is 0 Å². The predicted octanol–water partition coefficient (Wildman–Crippen LogP) is 6.67. The van der Waals surface area contributed by atoms with Gasteiger partial charge in [0.2, 0.25) is 5.91 Å². The van der Waals surface area contributed by atoms with Crippen LogP contribution in [0, 0.1) is 0 Å². The van der Waals surface area contributed by atoms with E-state index in [-0.39, 0.29) is 32.1 Å². The van der Waals surface area contributed by atoms with Crippen molar-refractivity contribution in [1.82, 2.24) is 5.32 Å². The summed E-state index contributed by atoms with van der Waals surface area (Å²) in [7, 11) is -2.81. The van der Waals surface area contributed by atoms with E-state index in [2.05, 4.69) is 16.8 Å². The van der Waals surface area contributed by atoms with E-state index < -0.39 is 20.0 Å². The largest absolute Gasteiger partial charge is 0.472 e. The molecule has 2 unspecified atom stereocenters. The van der Waals surface area contributed by atoms with E-state index in [1.54, 1.807) is 6.92 Å². The number of carbonyl (C=O) groups excluding carboxylic acids is 2. The van der Waals surface area contributed by atoms with Crippen molar-refractivity contribution in [1.29, 1.82) is 0 Å². The lowest BCUT2D eigenvalue weighted by atomic mass is 10.0. The number of rotatable bonds is 24. The SMILES string of the molecule is CCCCCCCCCCCCCCCCCC(=O)NC(=O)OCC(COP(=O)(O)OCC)OC. The number of nitrogens with one attached hydrogen (secondary N) is 1. The third kappa shape index (κ3) is 23.2. The Balaban J connectivity index is 3.61. The second-order valence-corrected chi connectivity index (χ2v) is 10.3. The van der Waals surface area contributed by atoms with Gasteiger partial charge in [-0.1, -0.05) is 96.8 Å². The Morgan fingerprint density at radius 2 is 1.26 bits per heavy atom. The number of hydrogen-bond acceptors (Lipinski definition) is 7. The van der Waals surface area contributed by atoms with Crippen LogP contribution in [0.1, 0.15) is 117 Å². The quantitative estimate of drug-likeness (QED) is 0.106. The average Bonchev–Trinajstić information content (AvgIpc) is 2.81. The summed E-state index contributed by atoms with van der Waals surface area (Å²) in [5, 5.41) is 2.18. The Bertz CT molecular complexity index is 576. The van der Waals surface area contributed by atoms with Crippen LogP contribution in [-0.2, 0) is 27.9 Å². The number of hydrogen-bond donors (Lipinski definition) is 2. The van der Waals surface area contributed by atoms with Crippen LogP contribution in [0.2, 0.25) is 0 Å². The van der Waals surface area contributed by atoms with E-state index in [4.69, 9.17) is 14.0 Å². The summed E-state index contributed by atoms with van der Waals surface area (Å²) < 4.78 is 30.8. The Hall–Kier alpha value is -0.990. The molecule has 0 aliphatic heterocycles. The molecule has 10 heteroatoms. The number of unbranched alkanes of at least 4 members (excludes halogenated alkanes) is 14. The third-order valence-corrected chi connectivity index (χ3v) is 6.76.